The summed E-state index contributed by atoms with van der Waals surface area (Å²) in [5.74, 6) is 1.77. The Hall–Kier alpha value is -2.66. The van der Waals surface area contributed by atoms with E-state index in [0.717, 1.165) is 22.9 Å². The summed E-state index contributed by atoms with van der Waals surface area (Å²) in [4.78, 5) is 6.69. The number of nitrogens with one attached hydrogen (secondary N) is 1. The third-order valence-electron chi connectivity index (χ3n) is 4.92. The first-order valence-electron chi connectivity index (χ1n) is 8.69. The molecule has 132 valence electrons. The van der Waals surface area contributed by atoms with Gasteiger partial charge in [-0.25, -0.2) is 0 Å². The summed E-state index contributed by atoms with van der Waals surface area (Å²) in [5.41, 5.74) is 4.50. The van der Waals surface area contributed by atoms with E-state index in [9.17, 15) is 0 Å². The fourth-order valence-corrected chi connectivity index (χ4v) is 3.76. The van der Waals surface area contributed by atoms with Gasteiger partial charge in [0.25, 0.3) is 0 Å². The van der Waals surface area contributed by atoms with E-state index in [2.05, 4.69) is 47.2 Å². The number of pyridine rings is 1. The molecule has 0 radical (unpaired) electrons. The Kier molecular flexibility index (Phi) is 4.24. The van der Waals surface area contributed by atoms with Crippen molar-refractivity contribution < 1.29 is 4.42 Å². The number of anilines is 1. The summed E-state index contributed by atoms with van der Waals surface area (Å²) in [6.45, 7) is 6.19. The molecule has 3 aromatic rings. The smallest absolute Gasteiger partial charge is 0.174 e. The molecule has 2 unspecified atom stereocenters. The molecule has 2 atom stereocenters. The first kappa shape index (κ1) is 16.8. The number of aryl methyl sites for hydroxylation is 3. The van der Waals surface area contributed by atoms with Crippen molar-refractivity contribution in [2.75, 3.05) is 4.90 Å². The van der Waals surface area contributed by atoms with Gasteiger partial charge in [-0.05, 0) is 80.5 Å². The number of rotatable bonds is 3. The molecule has 5 heteroatoms. The zero-order valence-electron chi connectivity index (χ0n) is 15.1. The summed E-state index contributed by atoms with van der Waals surface area (Å²) in [6, 6.07) is 16.2. The minimum Gasteiger partial charge on any atom is -0.464 e. The number of aromatic nitrogens is 1. The van der Waals surface area contributed by atoms with Gasteiger partial charge in [-0.15, -0.1) is 0 Å². The normalized spacial score (nSPS) is 19.7. The van der Waals surface area contributed by atoms with Crippen LogP contribution in [0.4, 0.5) is 5.69 Å². The van der Waals surface area contributed by atoms with Crippen molar-refractivity contribution in [1.29, 1.82) is 0 Å². The number of benzene rings is 1. The highest BCUT2D eigenvalue weighted by Crippen LogP contribution is 2.42. The average molecular weight is 363 g/mol. The van der Waals surface area contributed by atoms with Gasteiger partial charge >= 0.3 is 0 Å². The highest BCUT2D eigenvalue weighted by atomic mass is 32.1. The second kappa shape index (κ2) is 6.57. The molecule has 1 fully saturated rings. The number of furan rings is 1. The van der Waals surface area contributed by atoms with Gasteiger partial charge in [-0.3, -0.25) is 4.98 Å². The van der Waals surface area contributed by atoms with Crippen molar-refractivity contribution in [2.45, 2.75) is 32.9 Å². The number of hydrogen-bond donors (Lipinski definition) is 1. The lowest BCUT2D eigenvalue weighted by Crippen LogP contribution is -2.29. The number of thiocarbonyl (C=S) groups is 1. The molecular formula is C21H21N3OS. The lowest BCUT2D eigenvalue weighted by molar-refractivity contribution is 0.418. The molecule has 1 saturated heterocycles. The summed E-state index contributed by atoms with van der Waals surface area (Å²) in [7, 11) is 0. The molecule has 3 heterocycles. The van der Waals surface area contributed by atoms with E-state index in [1.807, 2.05) is 43.5 Å². The van der Waals surface area contributed by atoms with Gasteiger partial charge in [0, 0.05) is 11.9 Å². The first-order chi connectivity index (χ1) is 12.5. The van der Waals surface area contributed by atoms with E-state index in [1.54, 1.807) is 0 Å². The maximum absolute atomic E-state index is 6.00. The molecule has 2 aromatic heterocycles. The maximum Gasteiger partial charge on any atom is 0.174 e. The van der Waals surface area contributed by atoms with Crippen molar-refractivity contribution in [2.24, 2.45) is 0 Å². The van der Waals surface area contributed by atoms with Crippen LogP contribution in [0, 0.1) is 20.8 Å². The standard InChI is InChI=1S/C21H21N3OS/c1-13-7-9-16(12-14(13)2)24-20(18-10-8-15(3)25-18)19(23-21(24)26)17-6-4-5-11-22-17/h4-12,19-20H,1-3H3,(H,23,26). The van der Waals surface area contributed by atoms with Crippen molar-refractivity contribution in [1.82, 2.24) is 10.3 Å². The summed E-state index contributed by atoms with van der Waals surface area (Å²) < 4.78 is 6.00. The van der Waals surface area contributed by atoms with Crippen LogP contribution in [0.1, 0.15) is 40.4 Å². The molecule has 1 aliphatic rings. The van der Waals surface area contributed by atoms with E-state index in [4.69, 9.17) is 16.6 Å². The Bertz CT molecular complexity index is 951. The fraction of sp³-hybridized carbons (Fsp3) is 0.238. The molecular weight excluding hydrogens is 342 g/mol. The minimum absolute atomic E-state index is 0.0733. The van der Waals surface area contributed by atoms with E-state index in [-0.39, 0.29) is 12.1 Å². The number of hydrogen-bond acceptors (Lipinski definition) is 3. The molecule has 0 saturated carbocycles. The Balaban J connectivity index is 1.83. The van der Waals surface area contributed by atoms with E-state index in [0.29, 0.717) is 5.11 Å². The lowest BCUT2D eigenvalue weighted by Gasteiger charge is -2.26. The zero-order chi connectivity index (χ0) is 18.3. The molecule has 1 aromatic carbocycles. The van der Waals surface area contributed by atoms with Gasteiger partial charge in [-0.1, -0.05) is 12.1 Å². The predicted octanol–water partition coefficient (Wildman–Crippen LogP) is 4.78. The molecule has 4 nitrogen and oxygen atoms in total. The Morgan fingerprint density at radius 2 is 1.88 bits per heavy atom. The van der Waals surface area contributed by atoms with Crippen molar-refractivity contribution >= 4 is 23.0 Å². The van der Waals surface area contributed by atoms with Crippen LogP contribution in [0.2, 0.25) is 0 Å². The topological polar surface area (TPSA) is 41.3 Å². The third-order valence-corrected chi connectivity index (χ3v) is 5.23. The lowest BCUT2D eigenvalue weighted by atomic mass is 10.0. The molecule has 0 aliphatic carbocycles. The van der Waals surface area contributed by atoms with Crippen LogP contribution in [0.5, 0.6) is 0 Å². The van der Waals surface area contributed by atoms with E-state index in [1.165, 1.54) is 11.1 Å². The zero-order valence-corrected chi connectivity index (χ0v) is 15.9. The van der Waals surface area contributed by atoms with Crippen molar-refractivity contribution in [3.8, 4) is 0 Å². The first-order valence-corrected chi connectivity index (χ1v) is 9.09. The van der Waals surface area contributed by atoms with Crippen LogP contribution in [0.15, 0.2) is 59.1 Å². The monoisotopic (exact) mass is 363 g/mol. The molecule has 0 amide bonds. The Labute approximate surface area is 158 Å². The molecule has 4 rings (SSSR count). The average Bonchev–Trinajstić information content (AvgIpc) is 3.21. The van der Waals surface area contributed by atoms with Crippen molar-refractivity contribution in [3.63, 3.8) is 0 Å². The van der Waals surface area contributed by atoms with E-state index < -0.39 is 0 Å². The van der Waals surface area contributed by atoms with Gasteiger partial charge in [0.05, 0.1) is 11.7 Å². The molecule has 1 aliphatic heterocycles. The second-order valence-corrected chi connectivity index (χ2v) is 7.10. The highest BCUT2D eigenvalue weighted by Gasteiger charge is 2.42. The maximum atomic E-state index is 6.00. The quantitative estimate of drug-likeness (QED) is 0.679. The third kappa shape index (κ3) is 2.88. The Morgan fingerprint density at radius 1 is 1.04 bits per heavy atom. The van der Waals surface area contributed by atoms with Gasteiger partial charge in [-0.2, -0.15) is 0 Å². The van der Waals surface area contributed by atoms with Gasteiger partial charge in [0.1, 0.15) is 17.6 Å². The molecule has 26 heavy (non-hydrogen) atoms. The fourth-order valence-electron chi connectivity index (χ4n) is 3.41. The van der Waals surface area contributed by atoms with Crippen LogP contribution in [-0.2, 0) is 0 Å². The van der Waals surface area contributed by atoms with Gasteiger partial charge < -0.3 is 14.6 Å². The molecule has 0 bridgehead atoms. The SMILES string of the molecule is Cc1ccc(C2C(c3ccccn3)NC(=S)N2c2ccc(C)c(C)c2)o1. The predicted molar refractivity (Wildman–Crippen MR) is 107 cm³/mol. The van der Waals surface area contributed by atoms with Crippen LogP contribution in [0.3, 0.4) is 0 Å². The Morgan fingerprint density at radius 3 is 2.54 bits per heavy atom. The number of nitrogens with zero attached hydrogens (tertiary/aromatic N) is 2. The second-order valence-electron chi connectivity index (χ2n) is 6.71. The van der Waals surface area contributed by atoms with Crippen LogP contribution in [0.25, 0.3) is 0 Å². The highest BCUT2D eigenvalue weighted by molar-refractivity contribution is 7.80. The van der Waals surface area contributed by atoms with Gasteiger partial charge in [0.15, 0.2) is 5.11 Å². The molecule has 1 N–H and O–H groups in total. The summed E-state index contributed by atoms with van der Waals surface area (Å²) >= 11 is 5.70. The van der Waals surface area contributed by atoms with Crippen LogP contribution < -0.4 is 10.2 Å². The largest absolute Gasteiger partial charge is 0.464 e. The van der Waals surface area contributed by atoms with E-state index >= 15 is 0 Å². The summed E-state index contributed by atoms with van der Waals surface area (Å²) in [5, 5.41) is 4.13. The van der Waals surface area contributed by atoms with Gasteiger partial charge in [0.2, 0.25) is 0 Å². The summed E-state index contributed by atoms with van der Waals surface area (Å²) in [6.07, 6.45) is 1.81. The molecule has 0 spiro atoms. The van der Waals surface area contributed by atoms with Crippen LogP contribution in [-0.4, -0.2) is 10.1 Å². The minimum atomic E-state index is -0.0896. The van der Waals surface area contributed by atoms with Crippen molar-refractivity contribution in [3.05, 3.63) is 83.1 Å². The van der Waals surface area contributed by atoms with Crippen LogP contribution >= 0.6 is 12.2 Å².